The van der Waals surface area contributed by atoms with Crippen molar-refractivity contribution in [3.8, 4) is 5.75 Å². The third-order valence-electron chi connectivity index (χ3n) is 5.39. The maximum absolute atomic E-state index is 12.4. The van der Waals surface area contributed by atoms with E-state index in [9.17, 15) is 9.59 Å². The molecule has 0 radical (unpaired) electrons. The molecule has 7 heteroatoms. The monoisotopic (exact) mass is 441 g/mol. The van der Waals surface area contributed by atoms with Gasteiger partial charge >= 0.3 is 0 Å². The second kappa shape index (κ2) is 11.0. The molecule has 2 aromatic carbocycles. The van der Waals surface area contributed by atoms with Gasteiger partial charge in [-0.15, -0.1) is 0 Å². The Hall–Kier alpha value is -2.86. The van der Waals surface area contributed by atoms with Crippen LogP contribution in [0.5, 0.6) is 5.75 Å². The van der Waals surface area contributed by atoms with Crippen LogP contribution in [-0.4, -0.2) is 24.1 Å². The van der Waals surface area contributed by atoms with Crippen molar-refractivity contribution in [3.63, 3.8) is 0 Å². The number of nitrogens with zero attached hydrogens (tertiary/aromatic N) is 1. The molecule has 0 aliphatic heterocycles. The Morgan fingerprint density at radius 2 is 1.81 bits per heavy atom. The van der Waals surface area contributed by atoms with Gasteiger partial charge < -0.3 is 10.1 Å². The van der Waals surface area contributed by atoms with Crippen LogP contribution in [0.4, 0.5) is 5.69 Å². The number of carbonyl (C=O) groups excluding carboxylic acids is 2. The van der Waals surface area contributed by atoms with Gasteiger partial charge in [-0.2, -0.15) is 5.10 Å². The van der Waals surface area contributed by atoms with Crippen LogP contribution in [0.1, 0.15) is 50.2 Å². The summed E-state index contributed by atoms with van der Waals surface area (Å²) in [7, 11) is 0. The van der Waals surface area contributed by atoms with Gasteiger partial charge in [-0.1, -0.05) is 43.0 Å². The fraction of sp³-hybridized carbons (Fsp3) is 0.375. The molecular weight excluding hydrogens is 414 g/mol. The Morgan fingerprint density at radius 3 is 2.48 bits per heavy atom. The largest absolute Gasteiger partial charge is 0.483 e. The molecule has 0 bridgehead atoms. The van der Waals surface area contributed by atoms with Crippen LogP contribution in [0.2, 0.25) is 5.02 Å². The summed E-state index contributed by atoms with van der Waals surface area (Å²) in [4.78, 5) is 24.4. The summed E-state index contributed by atoms with van der Waals surface area (Å²) in [5, 5.41) is 7.75. The zero-order valence-electron chi connectivity index (χ0n) is 17.9. The number of halogens is 1. The average molecular weight is 442 g/mol. The predicted molar refractivity (Wildman–Crippen MR) is 124 cm³/mol. The first-order valence-corrected chi connectivity index (χ1v) is 10.9. The number of hydrazone groups is 1. The molecule has 0 saturated heterocycles. The standard InChI is InChI=1S/C24H28ClN3O3/c1-16-14-20(25)10-13-22(16)31-15-23(29)28-27-17(2)18-8-11-21(12-9-18)26-24(30)19-6-4-3-5-7-19/h8-14,19H,3-7,15H2,1-2H3,(H,26,30)(H,28,29)/b27-17-. The zero-order valence-corrected chi connectivity index (χ0v) is 18.7. The molecule has 1 aliphatic carbocycles. The highest BCUT2D eigenvalue weighted by molar-refractivity contribution is 6.30. The van der Waals surface area contributed by atoms with E-state index in [1.54, 1.807) is 25.1 Å². The number of carbonyl (C=O) groups is 2. The Labute approximate surface area is 188 Å². The molecule has 0 unspecified atom stereocenters. The van der Waals surface area contributed by atoms with E-state index in [2.05, 4.69) is 15.8 Å². The highest BCUT2D eigenvalue weighted by atomic mass is 35.5. The molecular formula is C24H28ClN3O3. The van der Waals surface area contributed by atoms with Gasteiger partial charge in [0.25, 0.3) is 5.91 Å². The van der Waals surface area contributed by atoms with Crippen LogP contribution in [0, 0.1) is 12.8 Å². The summed E-state index contributed by atoms with van der Waals surface area (Å²) in [5.41, 5.74) is 5.63. The van der Waals surface area contributed by atoms with Gasteiger partial charge in [-0.25, -0.2) is 5.43 Å². The lowest BCUT2D eigenvalue weighted by molar-refractivity contribution is -0.123. The molecule has 2 N–H and O–H groups in total. The SMILES string of the molecule is C/C(=N/NC(=O)COc1ccc(Cl)cc1C)c1ccc(NC(=O)C2CCCCC2)cc1. The minimum atomic E-state index is -0.356. The second-order valence-corrected chi connectivity index (χ2v) is 8.27. The van der Waals surface area contributed by atoms with Gasteiger partial charge in [-0.05, 0) is 68.1 Å². The third-order valence-corrected chi connectivity index (χ3v) is 5.63. The van der Waals surface area contributed by atoms with Crippen molar-refractivity contribution in [2.45, 2.75) is 46.0 Å². The van der Waals surface area contributed by atoms with Crippen molar-refractivity contribution in [2.24, 2.45) is 11.0 Å². The number of ether oxygens (including phenoxy) is 1. The number of rotatable bonds is 7. The molecule has 0 spiro atoms. The number of amides is 2. The van der Waals surface area contributed by atoms with Crippen LogP contribution in [-0.2, 0) is 9.59 Å². The first-order chi connectivity index (χ1) is 14.9. The lowest BCUT2D eigenvalue weighted by Crippen LogP contribution is -2.25. The highest BCUT2D eigenvalue weighted by Gasteiger charge is 2.20. The van der Waals surface area contributed by atoms with E-state index >= 15 is 0 Å². The van der Waals surface area contributed by atoms with Crippen molar-refractivity contribution in [1.82, 2.24) is 5.43 Å². The van der Waals surface area contributed by atoms with E-state index in [1.165, 1.54) is 6.42 Å². The zero-order chi connectivity index (χ0) is 22.2. The van der Waals surface area contributed by atoms with Crippen LogP contribution in [0.25, 0.3) is 0 Å². The molecule has 1 saturated carbocycles. The van der Waals surface area contributed by atoms with Crippen molar-refractivity contribution in [3.05, 3.63) is 58.6 Å². The van der Waals surface area contributed by atoms with Crippen LogP contribution < -0.4 is 15.5 Å². The molecule has 0 atom stereocenters. The maximum atomic E-state index is 12.4. The molecule has 0 aromatic heterocycles. The summed E-state index contributed by atoms with van der Waals surface area (Å²) in [6, 6.07) is 12.7. The minimum Gasteiger partial charge on any atom is -0.483 e. The summed E-state index contributed by atoms with van der Waals surface area (Å²) in [6.07, 6.45) is 5.42. The Morgan fingerprint density at radius 1 is 1.10 bits per heavy atom. The van der Waals surface area contributed by atoms with Crippen LogP contribution in [0.15, 0.2) is 47.6 Å². The van der Waals surface area contributed by atoms with Gasteiger partial charge in [-0.3, -0.25) is 9.59 Å². The Balaban J connectivity index is 1.49. The summed E-state index contributed by atoms with van der Waals surface area (Å²) in [6.45, 7) is 3.52. The van der Waals surface area contributed by atoms with Gasteiger partial charge in [0, 0.05) is 16.6 Å². The van der Waals surface area contributed by atoms with E-state index in [-0.39, 0.29) is 24.3 Å². The Bertz CT molecular complexity index is 951. The first-order valence-electron chi connectivity index (χ1n) is 10.6. The fourth-order valence-electron chi connectivity index (χ4n) is 3.56. The molecule has 164 valence electrons. The predicted octanol–water partition coefficient (Wildman–Crippen LogP) is 5.09. The molecule has 6 nitrogen and oxygen atoms in total. The molecule has 1 fully saturated rings. The van der Waals surface area contributed by atoms with Gasteiger partial charge in [0.1, 0.15) is 5.75 Å². The lowest BCUT2D eigenvalue weighted by Gasteiger charge is -2.20. The first kappa shape index (κ1) is 22.8. The number of hydrogen-bond acceptors (Lipinski definition) is 4. The molecule has 31 heavy (non-hydrogen) atoms. The van der Waals surface area contributed by atoms with Gasteiger partial charge in [0.05, 0.1) is 5.71 Å². The van der Waals surface area contributed by atoms with Crippen molar-refractivity contribution >= 4 is 34.8 Å². The van der Waals surface area contributed by atoms with Gasteiger partial charge in [0.15, 0.2) is 6.61 Å². The molecule has 1 aliphatic rings. The highest BCUT2D eigenvalue weighted by Crippen LogP contribution is 2.25. The van der Waals surface area contributed by atoms with E-state index in [1.807, 2.05) is 31.2 Å². The Kier molecular flexibility index (Phi) is 8.06. The van der Waals surface area contributed by atoms with E-state index < -0.39 is 0 Å². The molecule has 0 heterocycles. The number of aryl methyl sites for hydroxylation is 1. The summed E-state index contributed by atoms with van der Waals surface area (Å²) >= 11 is 5.92. The smallest absolute Gasteiger partial charge is 0.277 e. The quantitative estimate of drug-likeness (QED) is 0.464. The maximum Gasteiger partial charge on any atom is 0.277 e. The van der Waals surface area contributed by atoms with Crippen LogP contribution in [0.3, 0.4) is 0 Å². The number of hydrogen-bond donors (Lipinski definition) is 2. The molecule has 2 amide bonds. The number of anilines is 1. The number of benzene rings is 2. The third kappa shape index (κ3) is 6.82. The van der Waals surface area contributed by atoms with Crippen molar-refractivity contribution in [2.75, 3.05) is 11.9 Å². The summed E-state index contributed by atoms with van der Waals surface area (Å²) in [5.74, 6) is 0.461. The molecule has 2 aromatic rings. The topological polar surface area (TPSA) is 79.8 Å². The van der Waals surface area contributed by atoms with E-state index in [0.717, 1.165) is 42.5 Å². The minimum absolute atomic E-state index is 0.0982. The fourth-order valence-corrected chi connectivity index (χ4v) is 3.79. The normalized spacial score (nSPS) is 14.7. The number of nitrogens with one attached hydrogen (secondary N) is 2. The lowest BCUT2D eigenvalue weighted by atomic mass is 9.88. The summed E-state index contributed by atoms with van der Waals surface area (Å²) < 4.78 is 5.51. The molecule has 3 rings (SSSR count). The van der Waals surface area contributed by atoms with Gasteiger partial charge in [0.2, 0.25) is 5.91 Å². The van der Waals surface area contributed by atoms with E-state index in [0.29, 0.717) is 16.5 Å². The van der Waals surface area contributed by atoms with Crippen molar-refractivity contribution in [1.29, 1.82) is 0 Å². The second-order valence-electron chi connectivity index (χ2n) is 7.83. The van der Waals surface area contributed by atoms with Crippen molar-refractivity contribution < 1.29 is 14.3 Å². The van der Waals surface area contributed by atoms with Crippen LogP contribution >= 0.6 is 11.6 Å². The van der Waals surface area contributed by atoms with E-state index in [4.69, 9.17) is 16.3 Å². The average Bonchev–Trinajstić information content (AvgIpc) is 2.78.